The van der Waals surface area contributed by atoms with Gasteiger partial charge in [0.05, 0.1) is 40.8 Å². The largest absolute Gasteiger partial charge is 0.376 e. The van der Waals surface area contributed by atoms with Gasteiger partial charge in [0.25, 0.3) is 5.91 Å². The molecule has 31 heavy (non-hydrogen) atoms. The van der Waals surface area contributed by atoms with E-state index in [9.17, 15) is 9.59 Å². The molecule has 1 fully saturated rings. The number of aromatic nitrogens is 2. The topological polar surface area (TPSA) is 76.5 Å². The summed E-state index contributed by atoms with van der Waals surface area (Å²) in [7, 11) is 0. The number of hydrogen-bond donors (Lipinski definition) is 1. The predicted molar refractivity (Wildman–Crippen MR) is 120 cm³/mol. The second kappa shape index (κ2) is 7.98. The van der Waals surface area contributed by atoms with Crippen molar-refractivity contribution in [3.8, 4) is 0 Å². The number of rotatable bonds is 5. The summed E-state index contributed by atoms with van der Waals surface area (Å²) in [5.41, 5.74) is 3.18. The van der Waals surface area contributed by atoms with Gasteiger partial charge < -0.3 is 10.1 Å². The maximum atomic E-state index is 13.4. The predicted octanol–water partition coefficient (Wildman–Crippen LogP) is 4.09. The molecule has 7 nitrogen and oxygen atoms in total. The molecular formula is C23H23ClN4O3. The van der Waals surface area contributed by atoms with E-state index in [1.165, 1.54) is 0 Å². The Bertz CT molecular complexity index is 1170. The quantitative estimate of drug-likeness (QED) is 0.650. The summed E-state index contributed by atoms with van der Waals surface area (Å²) in [6.45, 7) is 3.10. The Labute approximate surface area is 184 Å². The molecule has 0 saturated carbocycles. The van der Waals surface area contributed by atoms with Gasteiger partial charge in [0.2, 0.25) is 11.9 Å². The van der Waals surface area contributed by atoms with Crippen molar-refractivity contribution >= 4 is 46.1 Å². The number of aryl methyl sites for hydroxylation is 1. The van der Waals surface area contributed by atoms with Gasteiger partial charge in [-0.15, -0.1) is 0 Å². The molecule has 2 aromatic carbocycles. The van der Waals surface area contributed by atoms with Crippen LogP contribution in [0.3, 0.4) is 0 Å². The third-order valence-corrected chi connectivity index (χ3v) is 6.18. The third-order valence-electron chi connectivity index (χ3n) is 5.87. The Morgan fingerprint density at radius 1 is 1.29 bits per heavy atom. The zero-order valence-electron chi connectivity index (χ0n) is 17.2. The fourth-order valence-corrected chi connectivity index (χ4v) is 4.64. The van der Waals surface area contributed by atoms with Crippen LogP contribution in [-0.2, 0) is 14.3 Å². The molecule has 1 aromatic heterocycles. The molecule has 2 aliphatic heterocycles. The maximum absolute atomic E-state index is 13.4. The average molecular weight is 439 g/mol. The summed E-state index contributed by atoms with van der Waals surface area (Å²) in [5.74, 6) is 0.175. The Morgan fingerprint density at radius 2 is 2.13 bits per heavy atom. The lowest BCUT2D eigenvalue weighted by Gasteiger charge is -2.19. The van der Waals surface area contributed by atoms with Crippen molar-refractivity contribution in [3.05, 3.63) is 53.1 Å². The summed E-state index contributed by atoms with van der Waals surface area (Å²) in [6, 6.07) is 12.5. The van der Waals surface area contributed by atoms with Crippen molar-refractivity contribution in [2.75, 3.05) is 23.4 Å². The number of nitrogens with zero attached hydrogens (tertiary/aromatic N) is 3. The smallest absolute Gasteiger partial charge is 0.253 e. The van der Waals surface area contributed by atoms with Crippen LogP contribution in [0.25, 0.3) is 11.0 Å². The van der Waals surface area contributed by atoms with E-state index in [4.69, 9.17) is 21.3 Å². The van der Waals surface area contributed by atoms with E-state index >= 15 is 0 Å². The summed E-state index contributed by atoms with van der Waals surface area (Å²) >= 11 is 6.26. The maximum Gasteiger partial charge on any atom is 0.253 e. The number of hydrogen-bond acceptors (Lipinski definition) is 4. The van der Waals surface area contributed by atoms with E-state index in [0.717, 1.165) is 29.4 Å². The van der Waals surface area contributed by atoms with Crippen LogP contribution < -0.4 is 10.2 Å². The summed E-state index contributed by atoms with van der Waals surface area (Å²) in [6.07, 6.45) is 1.90. The number of imidazole rings is 1. The standard InChI is InChI=1S/C23H23ClN4O3/c1-14-8-9-17(16(24)11-14)25-21(29)12-20-22(30)27(13-15-5-4-10-31-15)23-26-18-6-2-3-7-19(18)28(20)23/h2-3,6-9,11,15,20H,4-5,10,12-13H2,1H3,(H,25,29)/t15-,20+/m1/s1. The number of amides is 2. The molecule has 1 N–H and O–H groups in total. The Morgan fingerprint density at radius 3 is 2.90 bits per heavy atom. The van der Waals surface area contributed by atoms with Crippen LogP contribution in [0.5, 0.6) is 0 Å². The molecule has 160 valence electrons. The number of carbonyl (C=O) groups excluding carboxylic acids is 2. The number of ether oxygens (including phenoxy) is 1. The van der Waals surface area contributed by atoms with Gasteiger partial charge in [0.15, 0.2) is 0 Å². The van der Waals surface area contributed by atoms with E-state index in [1.807, 2.05) is 41.8 Å². The fourth-order valence-electron chi connectivity index (χ4n) is 4.36. The zero-order valence-corrected chi connectivity index (χ0v) is 17.9. The minimum Gasteiger partial charge on any atom is -0.376 e. The molecule has 1 saturated heterocycles. The number of carbonyl (C=O) groups is 2. The number of benzene rings is 2. The Hall–Kier alpha value is -2.90. The van der Waals surface area contributed by atoms with Crippen molar-refractivity contribution < 1.29 is 14.3 Å². The van der Waals surface area contributed by atoms with Crippen LogP contribution >= 0.6 is 11.6 Å². The van der Waals surface area contributed by atoms with Crippen LogP contribution in [0.1, 0.15) is 30.9 Å². The highest BCUT2D eigenvalue weighted by atomic mass is 35.5. The molecule has 2 aliphatic rings. The third kappa shape index (κ3) is 3.68. The molecule has 0 bridgehead atoms. The lowest BCUT2D eigenvalue weighted by molar-refractivity contribution is -0.124. The number of fused-ring (bicyclic) bond motifs is 3. The van der Waals surface area contributed by atoms with Crippen LogP contribution in [0, 0.1) is 6.92 Å². The van der Waals surface area contributed by atoms with E-state index in [1.54, 1.807) is 17.0 Å². The van der Waals surface area contributed by atoms with Gasteiger partial charge in [-0.25, -0.2) is 4.98 Å². The first kappa shape index (κ1) is 20.0. The van der Waals surface area contributed by atoms with E-state index in [2.05, 4.69) is 5.32 Å². The van der Waals surface area contributed by atoms with E-state index in [-0.39, 0.29) is 24.3 Å². The van der Waals surface area contributed by atoms with Crippen molar-refractivity contribution in [2.45, 2.75) is 38.3 Å². The number of halogens is 1. The van der Waals surface area contributed by atoms with Crippen molar-refractivity contribution in [1.29, 1.82) is 0 Å². The molecule has 5 rings (SSSR count). The first-order chi connectivity index (χ1) is 15.0. The molecule has 0 radical (unpaired) electrons. The van der Waals surface area contributed by atoms with Crippen molar-refractivity contribution in [2.24, 2.45) is 0 Å². The number of anilines is 2. The van der Waals surface area contributed by atoms with Gasteiger partial charge in [-0.1, -0.05) is 29.8 Å². The Kier molecular flexibility index (Phi) is 5.16. The lowest BCUT2D eigenvalue weighted by Crippen LogP contribution is -2.37. The van der Waals surface area contributed by atoms with Crippen molar-refractivity contribution in [3.63, 3.8) is 0 Å². The molecule has 2 amide bonds. The molecular weight excluding hydrogens is 416 g/mol. The van der Waals surface area contributed by atoms with Crippen LogP contribution in [-0.4, -0.2) is 40.6 Å². The van der Waals surface area contributed by atoms with E-state index in [0.29, 0.717) is 29.8 Å². The SMILES string of the molecule is Cc1ccc(NC(=O)C[C@H]2C(=O)N(C[C@H]3CCCO3)c3nc4ccccc4n32)c(Cl)c1. The van der Waals surface area contributed by atoms with Gasteiger partial charge in [0, 0.05) is 6.61 Å². The first-order valence-corrected chi connectivity index (χ1v) is 10.8. The van der Waals surface area contributed by atoms with Gasteiger partial charge in [-0.2, -0.15) is 0 Å². The molecule has 0 aliphatic carbocycles. The van der Waals surface area contributed by atoms with Gasteiger partial charge in [-0.05, 0) is 49.6 Å². The highest BCUT2D eigenvalue weighted by Gasteiger charge is 2.42. The molecule has 0 unspecified atom stereocenters. The van der Waals surface area contributed by atoms with E-state index < -0.39 is 6.04 Å². The minimum atomic E-state index is -0.659. The number of para-hydroxylation sites is 2. The van der Waals surface area contributed by atoms with Crippen LogP contribution in [0.2, 0.25) is 5.02 Å². The molecule has 3 aromatic rings. The number of nitrogens with one attached hydrogen (secondary N) is 1. The summed E-state index contributed by atoms with van der Waals surface area (Å²) < 4.78 is 7.62. The Balaban J connectivity index is 1.44. The zero-order chi connectivity index (χ0) is 21.5. The first-order valence-electron chi connectivity index (χ1n) is 10.5. The van der Waals surface area contributed by atoms with Crippen molar-refractivity contribution in [1.82, 2.24) is 9.55 Å². The van der Waals surface area contributed by atoms with Gasteiger partial charge in [0.1, 0.15) is 6.04 Å². The van der Waals surface area contributed by atoms with Gasteiger partial charge in [-0.3, -0.25) is 19.1 Å². The molecule has 2 atom stereocenters. The second-order valence-electron chi connectivity index (χ2n) is 8.11. The summed E-state index contributed by atoms with van der Waals surface area (Å²) in [4.78, 5) is 32.6. The normalized spacial score (nSPS) is 20.5. The molecule has 8 heteroatoms. The highest BCUT2D eigenvalue weighted by molar-refractivity contribution is 6.33. The molecule has 0 spiro atoms. The fraction of sp³-hybridized carbons (Fsp3) is 0.348. The van der Waals surface area contributed by atoms with Gasteiger partial charge >= 0.3 is 0 Å². The highest BCUT2D eigenvalue weighted by Crippen LogP contribution is 2.37. The second-order valence-corrected chi connectivity index (χ2v) is 8.51. The lowest BCUT2D eigenvalue weighted by atomic mass is 10.1. The summed E-state index contributed by atoms with van der Waals surface area (Å²) in [5, 5.41) is 3.32. The average Bonchev–Trinajstić information content (AvgIpc) is 3.44. The monoisotopic (exact) mass is 438 g/mol. The molecule has 3 heterocycles. The minimum absolute atomic E-state index is 0.00157. The van der Waals surface area contributed by atoms with Crippen LogP contribution in [0.4, 0.5) is 11.6 Å². The van der Waals surface area contributed by atoms with Crippen LogP contribution in [0.15, 0.2) is 42.5 Å².